The lowest BCUT2D eigenvalue weighted by Gasteiger charge is -2.19. The molecule has 2 aliphatic rings. The smallest absolute Gasteiger partial charge is 0.266 e. The van der Waals surface area contributed by atoms with Gasteiger partial charge in [-0.25, -0.2) is 0 Å². The van der Waals surface area contributed by atoms with Crippen molar-refractivity contribution in [3.8, 4) is 0 Å². The van der Waals surface area contributed by atoms with Crippen LogP contribution < -0.4 is 4.90 Å². The first-order valence-electron chi connectivity index (χ1n) is 5.87. The van der Waals surface area contributed by atoms with E-state index in [0.29, 0.717) is 18.4 Å². The van der Waals surface area contributed by atoms with Crippen molar-refractivity contribution in [2.45, 2.75) is 38.2 Å². The van der Waals surface area contributed by atoms with E-state index < -0.39 is 5.60 Å². The predicted octanol–water partition coefficient (Wildman–Crippen LogP) is 1.15. The van der Waals surface area contributed by atoms with E-state index in [-0.39, 0.29) is 5.92 Å². The standard InChI is InChI=1S/C11H17N3O2/c1-7-5-14(6-11(7,2)15)10-12-9(16-13-10)8-3-4-8/h7-8,15H,3-6H2,1-2H3/t7-,11+/m1/s1. The molecule has 1 aromatic heterocycles. The zero-order valence-corrected chi connectivity index (χ0v) is 9.68. The highest BCUT2D eigenvalue weighted by Gasteiger charge is 2.40. The molecule has 0 aromatic carbocycles. The topological polar surface area (TPSA) is 62.4 Å². The number of rotatable bonds is 2. The summed E-state index contributed by atoms with van der Waals surface area (Å²) in [7, 11) is 0. The first kappa shape index (κ1) is 10.1. The Morgan fingerprint density at radius 2 is 2.25 bits per heavy atom. The van der Waals surface area contributed by atoms with Gasteiger partial charge < -0.3 is 14.5 Å². The van der Waals surface area contributed by atoms with Crippen LogP contribution in [-0.2, 0) is 0 Å². The molecule has 1 saturated heterocycles. The van der Waals surface area contributed by atoms with Crippen LogP contribution >= 0.6 is 0 Å². The third-order valence-electron chi connectivity index (χ3n) is 3.71. The first-order valence-corrected chi connectivity index (χ1v) is 5.87. The SMILES string of the molecule is C[C@@H]1CN(c2noc(C3CC3)n2)C[C@]1(C)O. The molecule has 1 aliphatic heterocycles. The van der Waals surface area contributed by atoms with Gasteiger partial charge in [-0.15, -0.1) is 0 Å². The molecule has 0 amide bonds. The Labute approximate surface area is 94.4 Å². The van der Waals surface area contributed by atoms with E-state index in [1.807, 2.05) is 18.7 Å². The van der Waals surface area contributed by atoms with Crippen LogP contribution in [0.2, 0.25) is 0 Å². The quantitative estimate of drug-likeness (QED) is 0.815. The molecule has 0 bridgehead atoms. The zero-order valence-electron chi connectivity index (χ0n) is 9.68. The number of β-amino-alcohol motifs (C(OH)–C–C–N with tert-alkyl or cyclic N) is 1. The van der Waals surface area contributed by atoms with Crippen LogP contribution in [-0.4, -0.2) is 33.9 Å². The summed E-state index contributed by atoms with van der Waals surface area (Å²) in [5, 5.41) is 14.1. The minimum Gasteiger partial charge on any atom is -0.388 e. The van der Waals surface area contributed by atoms with E-state index in [0.717, 1.165) is 25.3 Å². The molecule has 0 radical (unpaired) electrons. The molecule has 5 heteroatoms. The minimum atomic E-state index is -0.652. The van der Waals surface area contributed by atoms with Gasteiger partial charge in [0.1, 0.15) is 0 Å². The van der Waals surface area contributed by atoms with Gasteiger partial charge in [0.05, 0.1) is 5.60 Å². The van der Waals surface area contributed by atoms with Crippen LogP contribution in [0.5, 0.6) is 0 Å². The number of hydrogen-bond acceptors (Lipinski definition) is 5. The number of anilines is 1. The summed E-state index contributed by atoms with van der Waals surface area (Å²) in [4.78, 5) is 6.39. The molecule has 88 valence electrons. The third-order valence-corrected chi connectivity index (χ3v) is 3.71. The number of nitrogens with zero attached hydrogens (tertiary/aromatic N) is 3. The maximum absolute atomic E-state index is 10.1. The number of aliphatic hydroxyl groups is 1. The molecule has 5 nitrogen and oxygen atoms in total. The molecule has 1 saturated carbocycles. The highest BCUT2D eigenvalue weighted by Crippen LogP contribution is 2.40. The van der Waals surface area contributed by atoms with Crippen LogP contribution in [0.25, 0.3) is 0 Å². The second-order valence-corrected chi connectivity index (χ2v) is 5.35. The van der Waals surface area contributed by atoms with Gasteiger partial charge in [0.25, 0.3) is 5.95 Å². The predicted molar refractivity (Wildman–Crippen MR) is 58.3 cm³/mol. The maximum atomic E-state index is 10.1. The largest absolute Gasteiger partial charge is 0.388 e. The van der Waals surface area contributed by atoms with Crippen molar-refractivity contribution in [1.82, 2.24) is 10.1 Å². The monoisotopic (exact) mass is 223 g/mol. The molecule has 2 atom stereocenters. The summed E-state index contributed by atoms with van der Waals surface area (Å²) in [5.74, 6) is 2.11. The summed E-state index contributed by atoms with van der Waals surface area (Å²) in [6.45, 7) is 5.27. The highest BCUT2D eigenvalue weighted by molar-refractivity contribution is 5.33. The molecule has 1 aromatic rings. The van der Waals surface area contributed by atoms with Crippen molar-refractivity contribution < 1.29 is 9.63 Å². The lowest BCUT2D eigenvalue weighted by atomic mass is 9.95. The minimum absolute atomic E-state index is 0.232. The summed E-state index contributed by atoms with van der Waals surface area (Å²) >= 11 is 0. The van der Waals surface area contributed by atoms with Crippen LogP contribution in [0.15, 0.2) is 4.52 Å². The summed E-state index contributed by atoms with van der Waals surface area (Å²) < 4.78 is 5.22. The zero-order chi connectivity index (χ0) is 11.3. The summed E-state index contributed by atoms with van der Waals surface area (Å²) in [6.07, 6.45) is 2.32. The van der Waals surface area contributed by atoms with Crippen molar-refractivity contribution in [3.63, 3.8) is 0 Å². The van der Waals surface area contributed by atoms with Gasteiger partial charge in [-0.1, -0.05) is 6.92 Å². The van der Waals surface area contributed by atoms with Gasteiger partial charge in [-0.05, 0) is 24.9 Å². The molecule has 3 rings (SSSR count). The van der Waals surface area contributed by atoms with Crippen molar-refractivity contribution in [2.24, 2.45) is 5.92 Å². The van der Waals surface area contributed by atoms with Gasteiger partial charge in [0.2, 0.25) is 5.89 Å². The van der Waals surface area contributed by atoms with Gasteiger partial charge in [0.15, 0.2) is 0 Å². The molecule has 1 aliphatic carbocycles. The fourth-order valence-electron chi connectivity index (χ4n) is 2.14. The fraction of sp³-hybridized carbons (Fsp3) is 0.818. The Morgan fingerprint density at radius 1 is 1.50 bits per heavy atom. The van der Waals surface area contributed by atoms with E-state index in [2.05, 4.69) is 10.1 Å². The molecule has 16 heavy (non-hydrogen) atoms. The van der Waals surface area contributed by atoms with Crippen LogP contribution in [0.3, 0.4) is 0 Å². The molecule has 0 unspecified atom stereocenters. The Morgan fingerprint density at radius 3 is 2.81 bits per heavy atom. The van der Waals surface area contributed by atoms with E-state index in [1.54, 1.807) is 0 Å². The lowest BCUT2D eigenvalue weighted by Crippen LogP contribution is -2.33. The average molecular weight is 223 g/mol. The van der Waals surface area contributed by atoms with Crippen molar-refractivity contribution in [1.29, 1.82) is 0 Å². The second-order valence-electron chi connectivity index (χ2n) is 5.35. The van der Waals surface area contributed by atoms with E-state index in [9.17, 15) is 5.11 Å². The average Bonchev–Trinajstić information content (AvgIpc) is 2.88. The number of hydrogen-bond donors (Lipinski definition) is 1. The maximum Gasteiger partial charge on any atom is 0.266 e. The Hall–Kier alpha value is -1.10. The van der Waals surface area contributed by atoms with Gasteiger partial charge in [0, 0.05) is 24.9 Å². The summed E-state index contributed by atoms with van der Waals surface area (Å²) in [5.41, 5.74) is -0.652. The fourth-order valence-corrected chi connectivity index (χ4v) is 2.14. The van der Waals surface area contributed by atoms with Gasteiger partial charge in [-0.3, -0.25) is 0 Å². The molecule has 2 heterocycles. The third kappa shape index (κ3) is 1.59. The molecule has 0 spiro atoms. The van der Waals surface area contributed by atoms with Crippen LogP contribution in [0, 0.1) is 5.92 Å². The first-order chi connectivity index (χ1) is 7.56. The van der Waals surface area contributed by atoms with Crippen molar-refractivity contribution >= 4 is 5.95 Å². The second kappa shape index (κ2) is 3.20. The normalized spacial score (nSPS) is 34.7. The molecular formula is C11H17N3O2. The van der Waals surface area contributed by atoms with Crippen molar-refractivity contribution in [2.75, 3.05) is 18.0 Å². The molecule has 2 fully saturated rings. The Bertz CT molecular complexity index is 398. The Balaban J connectivity index is 1.77. The lowest BCUT2D eigenvalue weighted by molar-refractivity contribution is 0.0443. The Kier molecular flexibility index (Phi) is 2.01. The van der Waals surface area contributed by atoms with E-state index in [4.69, 9.17) is 4.52 Å². The van der Waals surface area contributed by atoms with E-state index >= 15 is 0 Å². The van der Waals surface area contributed by atoms with Crippen molar-refractivity contribution in [3.05, 3.63) is 5.89 Å². The molecular weight excluding hydrogens is 206 g/mol. The molecule has 1 N–H and O–H groups in total. The summed E-state index contributed by atoms with van der Waals surface area (Å²) in [6, 6.07) is 0. The van der Waals surface area contributed by atoms with Crippen LogP contribution in [0.4, 0.5) is 5.95 Å². The van der Waals surface area contributed by atoms with E-state index in [1.165, 1.54) is 0 Å². The highest BCUT2D eigenvalue weighted by atomic mass is 16.5. The number of aromatic nitrogens is 2. The van der Waals surface area contributed by atoms with Gasteiger partial charge in [-0.2, -0.15) is 4.98 Å². The van der Waals surface area contributed by atoms with Crippen LogP contribution in [0.1, 0.15) is 38.5 Å². The van der Waals surface area contributed by atoms with Gasteiger partial charge >= 0.3 is 0 Å².